The molecule has 3 atom stereocenters. The van der Waals surface area contributed by atoms with Crippen LogP contribution in [0.5, 0.6) is 0 Å². The van der Waals surface area contributed by atoms with Gasteiger partial charge in [0.15, 0.2) is 17.5 Å². The van der Waals surface area contributed by atoms with Crippen LogP contribution in [0.2, 0.25) is 0 Å². The first-order valence-electron chi connectivity index (χ1n) is 25.7. The largest absolute Gasteiger partial charge is 0.319 e. The molecule has 2 aliphatic rings. The third-order valence-corrected chi connectivity index (χ3v) is 17.6. The first-order valence-corrected chi connectivity index (χ1v) is 28.3. The highest BCUT2D eigenvalue weighted by atomic mass is 31.2. The van der Waals surface area contributed by atoms with Crippen LogP contribution in [0.1, 0.15) is 36.8 Å². The maximum atomic E-state index is 13.0. The zero-order valence-electron chi connectivity index (χ0n) is 41.1. The molecule has 0 radical (unpaired) electrons. The second kappa shape index (κ2) is 18.2. The molecule has 0 aliphatic heterocycles. The minimum Gasteiger partial charge on any atom is -0.319 e. The van der Waals surface area contributed by atoms with Crippen molar-refractivity contribution >= 4 is 34.0 Å². The number of hydrogen-bond acceptors (Lipinski definition) is 4. The van der Waals surface area contributed by atoms with Crippen LogP contribution in [-0.2, 0) is 9.98 Å². The smallest absolute Gasteiger partial charge is 0.164 e. The lowest BCUT2D eigenvalue weighted by atomic mass is 9.64. The summed E-state index contributed by atoms with van der Waals surface area (Å²) in [5, 5.41) is 5.79. The Kier molecular flexibility index (Phi) is 11.2. The van der Waals surface area contributed by atoms with Crippen molar-refractivity contribution in [1.82, 2.24) is 15.0 Å². The molecule has 0 amide bonds. The second-order valence-electron chi connectivity index (χ2n) is 20.6. The quantitative estimate of drug-likeness (QED) is 0.101. The van der Waals surface area contributed by atoms with E-state index in [0.29, 0.717) is 29.3 Å². The van der Waals surface area contributed by atoms with Crippen LogP contribution in [0.3, 0.4) is 0 Å². The number of rotatable bonds is 10. The second-order valence-corrected chi connectivity index (χ2v) is 23.8. The van der Waals surface area contributed by atoms with Gasteiger partial charge in [0.05, 0.1) is 0 Å². The Labute approximate surface area is 427 Å². The van der Waals surface area contributed by atoms with E-state index in [-0.39, 0.29) is 5.41 Å². The van der Waals surface area contributed by atoms with Crippen LogP contribution >= 0.6 is 7.14 Å². The van der Waals surface area contributed by atoms with Gasteiger partial charge in [0.25, 0.3) is 0 Å². The SMILES string of the molecule is CP(C)(=O)c1ccc(-c2c3ccccc3c(-c3ccc(C4(c5ccc(-c6nc(-c7ccc(-c8ccccc8)cc7)nc(-c7ccccc7-c7ccccc7)n6)cc5)CC5CCC4C5)cc3)c3ccccc23)cc1. The molecule has 5 heteroatoms. The Morgan fingerprint density at radius 1 is 0.384 bits per heavy atom. The number of hydrogen-bond donors (Lipinski definition) is 0. The first kappa shape index (κ1) is 44.9. The van der Waals surface area contributed by atoms with E-state index in [0.717, 1.165) is 50.7 Å². The fourth-order valence-electron chi connectivity index (χ4n) is 12.5. The van der Waals surface area contributed by atoms with Crippen molar-refractivity contribution in [1.29, 1.82) is 0 Å². The molecule has 0 saturated heterocycles. The zero-order valence-corrected chi connectivity index (χ0v) is 42.0. The molecule has 0 spiro atoms. The van der Waals surface area contributed by atoms with E-state index in [1.165, 1.54) is 74.2 Å². The van der Waals surface area contributed by atoms with Crippen LogP contribution in [0.4, 0.5) is 0 Å². The molecule has 352 valence electrons. The average molecular weight is 960 g/mol. The standard InChI is InChI=1S/C68H54N3OP/c1-73(2,72)56-41-34-50(35-42-56)64-60-22-12-10-20-58(60)63(59-21-11-13-23-61(59)64)49-30-37-53(38-31-49)68(44-45-25-36-55(68)43-45)54-39-32-52(33-40-54)66-69-65(51-28-26-47(27-29-51)46-15-5-3-6-16-46)70-67(71-66)62-24-14-9-19-57(62)48-17-7-4-8-18-48/h3-24,26-35,37-42,45,55H,25,36,43-44H2,1-2H3. The van der Waals surface area contributed by atoms with Crippen LogP contribution in [-0.4, -0.2) is 28.3 Å². The van der Waals surface area contributed by atoms with Gasteiger partial charge in [-0.3, -0.25) is 0 Å². The highest BCUT2D eigenvalue weighted by molar-refractivity contribution is 7.70. The summed E-state index contributed by atoms with van der Waals surface area (Å²) in [5.74, 6) is 3.23. The van der Waals surface area contributed by atoms with Crippen molar-refractivity contribution in [2.45, 2.75) is 31.1 Å². The minimum absolute atomic E-state index is 0.0916. The summed E-state index contributed by atoms with van der Waals surface area (Å²) in [5.41, 5.74) is 14.9. The fourth-order valence-corrected chi connectivity index (χ4v) is 13.4. The van der Waals surface area contributed by atoms with Crippen molar-refractivity contribution in [3.05, 3.63) is 242 Å². The summed E-state index contributed by atoms with van der Waals surface area (Å²) in [7, 11) is -2.38. The molecule has 1 aromatic heterocycles. The fraction of sp³-hybridized carbons (Fsp3) is 0.132. The van der Waals surface area contributed by atoms with E-state index >= 15 is 0 Å². The van der Waals surface area contributed by atoms with Gasteiger partial charge in [-0.05, 0) is 122 Å². The highest BCUT2D eigenvalue weighted by Gasteiger charge is 2.52. The van der Waals surface area contributed by atoms with Gasteiger partial charge in [0.1, 0.15) is 7.14 Å². The Bertz CT molecular complexity index is 3830. The van der Waals surface area contributed by atoms with Crippen LogP contribution in [0, 0.1) is 11.8 Å². The van der Waals surface area contributed by atoms with E-state index in [1.54, 1.807) is 0 Å². The summed E-state index contributed by atoms with van der Waals surface area (Å²) in [6.07, 6.45) is 4.96. The van der Waals surface area contributed by atoms with E-state index < -0.39 is 7.14 Å². The van der Waals surface area contributed by atoms with Crippen molar-refractivity contribution in [2.24, 2.45) is 11.8 Å². The van der Waals surface area contributed by atoms with E-state index in [4.69, 9.17) is 15.0 Å². The summed E-state index contributed by atoms with van der Waals surface area (Å²) in [6.45, 7) is 3.68. The molecule has 11 aromatic rings. The van der Waals surface area contributed by atoms with E-state index in [1.807, 2.05) is 31.5 Å². The lowest BCUT2D eigenvalue weighted by Gasteiger charge is -2.39. The van der Waals surface area contributed by atoms with Gasteiger partial charge in [0, 0.05) is 27.4 Å². The molecule has 0 N–H and O–H groups in total. The number of aromatic nitrogens is 3. The predicted molar refractivity (Wildman–Crippen MR) is 305 cm³/mol. The molecule has 13 rings (SSSR count). The van der Waals surface area contributed by atoms with Gasteiger partial charge in [-0.2, -0.15) is 0 Å². The molecule has 3 unspecified atom stereocenters. The summed E-state index contributed by atoms with van der Waals surface area (Å²) in [4.78, 5) is 15.7. The maximum absolute atomic E-state index is 13.0. The van der Waals surface area contributed by atoms with Crippen molar-refractivity contribution in [3.63, 3.8) is 0 Å². The molecule has 73 heavy (non-hydrogen) atoms. The van der Waals surface area contributed by atoms with Crippen molar-refractivity contribution in [2.75, 3.05) is 13.3 Å². The number of nitrogens with zero attached hydrogens (tertiary/aromatic N) is 3. The minimum atomic E-state index is -2.38. The topological polar surface area (TPSA) is 55.7 Å². The molecule has 2 fully saturated rings. The van der Waals surface area contributed by atoms with Crippen LogP contribution < -0.4 is 5.30 Å². The third kappa shape index (κ3) is 8.02. The van der Waals surface area contributed by atoms with Crippen LogP contribution in [0.15, 0.2) is 231 Å². The number of benzene rings is 10. The third-order valence-electron chi connectivity index (χ3n) is 16.0. The Hall–Kier alpha value is -8.04. The van der Waals surface area contributed by atoms with Crippen molar-refractivity contribution in [3.8, 4) is 78.7 Å². The van der Waals surface area contributed by atoms with Gasteiger partial charge in [0.2, 0.25) is 0 Å². The van der Waals surface area contributed by atoms with E-state index in [2.05, 4.69) is 212 Å². The first-order chi connectivity index (χ1) is 35.8. The van der Waals surface area contributed by atoms with E-state index in [9.17, 15) is 4.57 Å². The normalized spacial score (nSPS) is 17.3. The van der Waals surface area contributed by atoms with Gasteiger partial charge in [-0.1, -0.05) is 237 Å². The Morgan fingerprint density at radius 2 is 0.781 bits per heavy atom. The molecule has 2 bridgehead atoms. The Morgan fingerprint density at radius 3 is 1.26 bits per heavy atom. The van der Waals surface area contributed by atoms with Gasteiger partial charge < -0.3 is 4.57 Å². The van der Waals surface area contributed by atoms with Crippen molar-refractivity contribution < 1.29 is 4.57 Å². The Balaban J connectivity index is 0.890. The predicted octanol–water partition coefficient (Wildman–Crippen LogP) is 17.2. The molecular weight excluding hydrogens is 906 g/mol. The summed E-state index contributed by atoms with van der Waals surface area (Å²) in [6, 6.07) is 82.9. The molecule has 2 aliphatic carbocycles. The molecule has 1 heterocycles. The molecule has 4 nitrogen and oxygen atoms in total. The average Bonchev–Trinajstić information content (AvgIpc) is 4.08. The van der Waals surface area contributed by atoms with Gasteiger partial charge >= 0.3 is 0 Å². The van der Waals surface area contributed by atoms with Crippen LogP contribution in [0.25, 0.3) is 100 Å². The summed E-state index contributed by atoms with van der Waals surface area (Å²) >= 11 is 0. The lowest BCUT2D eigenvalue weighted by molar-refractivity contribution is 0.320. The van der Waals surface area contributed by atoms with Gasteiger partial charge in [-0.15, -0.1) is 0 Å². The zero-order chi connectivity index (χ0) is 49.1. The molecular formula is C68H54N3OP. The lowest BCUT2D eigenvalue weighted by Crippen LogP contribution is -2.34. The molecule has 10 aromatic carbocycles. The van der Waals surface area contributed by atoms with Gasteiger partial charge in [-0.25, -0.2) is 15.0 Å². The summed E-state index contributed by atoms with van der Waals surface area (Å²) < 4.78 is 13.0. The maximum Gasteiger partial charge on any atom is 0.164 e. The molecule has 2 saturated carbocycles. The highest BCUT2D eigenvalue weighted by Crippen LogP contribution is 2.60. The number of fused-ring (bicyclic) bond motifs is 4. The monoisotopic (exact) mass is 959 g/mol.